The molecule has 2 atom stereocenters. The van der Waals surface area contributed by atoms with Gasteiger partial charge in [-0.3, -0.25) is 14.6 Å². The molecule has 2 N–H and O–H groups in total. The number of carbonyl (C=O) groups is 2. The van der Waals surface area contributed by atoms with Gasteiger partial charge in [0.05, 0.1) is 6.54 Å². The fraction of sp³-hybridized carbons (Fsp3) is 0.382. The molecule has 3 aromatic rings. The second-order valence-corrected chi connectivity index (χ2v) is 11.1. The minimum absolute atomic E-state index is 0.0487. The first kappa shape index (κ1) is 29.3. The van der Waals surface area contributed by atoms with Crippen LogP contribution in [-0.4, -0.2) is 61.5 Å². The van der Waals surface area contributed by atoms with Crippen LogP contribution in [0.4, 0.5) is 5.69 Å². The highest BCUT2D eigenvalue weighted by molar-refractivity contribution is 5.79. The zero-order chi connectivity index (χ0) is 29.1. The SMILES string of the molecule is CN(CCc1ccccn1)c1ccc2c(c1)CNCC(=O)N1CC[C@@H](CC(=O)NCc3ccccc3)[C@@H](/C=C\CO2)C1. The van der Waals surface area contributed by atoms with Crippen molar-refractivity contribution in [3.05, 3.63) is 102 Å². The van der Waals surface area contributed by atoms with Gasteiger partial charge in [-0.25, -0.2) is 0 Å². The molecule has 1 aromatic heterocycles. The second-order valence-electron chi connectivity index (χ2n) is 11.1. The lowest BCUT2D eigenvalue weighted by Gasteiger charge is -2.37. The molecule has 42 heavy (non-hydrogen) atoms. The number of hydrogen-bond acceptors (Lipinski definition) is 6. The Kier molecular flexibility index (Phi) is 10.2. The van der Waals surface area contributed by atoms with E-state index < -0.39 is 0 Å². The highest BCUT2D eigenvalue weighted by Crippen LogP contribution is 2.29. The van der Waals surface area contributed by atoms with Gasteiger partial charge in [0, 0.05) is 75.8 Å². The number of ether oxygens (including phenoxy) is 1. The normalized spacial score (nSPS) is 19.7. The fourth-order valence-electron chi connectivity index (χ4n) is 5.66. The van der Waals surface area contributed by atoms with Crippen molar-refractivity contribution in [1.82, 2.24) is 20.5 Å². The van der Waals surface area contributed by atoms with Crippen LogP contribution in [0, 0.1) is 11.8 Å². The number of piperidine rings is 1. The topological polar surface area (TPSA) is 86.8 Å². The third-order valence-corrected chi connectivity index (χ3v) is 8.16. The van der Waals surface area contributed by atoms with E-state index in [9.17, 15) is 9.59 Å². The van der Waals surface area contributed by atoms with Gasteiger partial charge in [-0.2, -0.15) is 0 Å². The highest BCUT2D eigenvalue weighted by Gasteiger charge is 2.31. The zero-order valence-corrected chi connectivity index (χ0v) is 24.4. The number of rotatable bonds is 8. The Labute approximate surface area is 248 Å². The predicted molar refractivity (Wildman–Crippen MR) is 165 cm³/mol. The van der Waals surface area contributed by atoms with E-state index in [1.54, 1.807) is 0 Å². The van der Waals surface area contributed by atoms with E-state index in [0.717, 1.165) is 47.6 Å². The Morgan fingerprint density at radius 1 is 1.12 bits per heavy atom. The van der Waals surface area contributed by atoms with E-state index in [1.807, 2.05) is 71.8 Å². The number of fused-ring (bicyclic) bond motifs is 3. The Bertz CT molecular complexity index is 1350. The lowest BCUT2D eigenvalue weighted by molar-refractivity contribution is -0.132. The molecule has 0 saturated carbocycles. The number of pyridine rings is 1. The first-order valence-electron chi connectivity index (χ1n) is 14.9. The van der Waals surface area contributed by atoms with Crippen molar-refractivity contribution < 1.29 is 14.3 Å². The van der Waals surface area contributed by atoms with Gasteiger partial charge in [0.25, 0.3) is 0 Å². The number of likely N-dealkylation sites (N-methyl/N-ethyl adjacent to an activating group) is 1. The summed E-state index contributed by atoms with van der Waals surface area (Å²) in [7, 11) is 2.08. The third-order valence-electron chi connectivity index (χ3n) is 8.16. The molecule has 2 aromatic carbocycles. The van der Waals surface area contributed by atoms with Gasteiger partial charge >= 0.3 is 0 Å². The molecular formula is C34H41N5O3. The molecule has 0 unspecified atom stereocenters. The molecule has 0 radical (unpaired) electrons. The van der Waals surface area contributed by atoms with Gasteiger partial charge in [-0.15, -0.1) is 0 Å². The summed E-state index contributed by atoms with van der Waals surface area (Å²) in [6.45, 7) is 3.88. The van der Waals surface area contributed by atoms with Gasteiger partial charge in [-0.05, 0) is 54.2 Å². The summed E-state index contributed by atoms with van der Waals surface area (Å²) in [5, 5.41) is 6.41. The largest absolute Gasteiger partial charge is 0.489 e. The third kappa shape index (κ3) is 8.19. The number of benzene rings is 2. The molecule has 0 aliphatic carbocycles. The van der Waals surface area contributed by atoms with Crippen molar-refractivity contribution in [3.63, 3.8) is 0 Å². The van der Waals surface area contributed by atoms with Crippen LogP contribution in [0.3, 0.4) is 0 Å². The number of anilines is 1. The van der Waals surface area contributed by atoms with E-state index in [0.29, 0.717) is 39.2 Å². The minimum atomic E-state index is 0.0487. The summed E-state index contributed by atoms with van der Waals surface area (Å²) >= 11 is 0. The number of aromatic nitrogens is 1. The maximum absolute atomic E-state index is 13.1. The van der Waals surface area contributed by atoms with Crippen molar-refractivity contribution in [2.45, 2.75) is 32.4 Å². The van der Waals surface area contributed by atoms with Crippen LogP contribution in [-0.2, 0) is 29.1 Å². The quantitative estimate of drug-likeness (QED) is 0.401. The molecule has 3 heterocycles. The standard InChI is InChI=1S/C34H41N5O3/c1-38(17-15-30-11-5-6-16-36-30)31-12-13-32-29(20-31)23-35-24-34(41)39-18-14-27(28(25-39)10-7-19-42-32)21-33(40)37-22-26-8-3-2-4-9-26/h2-13,16,20,27-28,35H,14-15,17-19,21-25H2,1H3,(H,37,40)/b10-7-/t27-,28-/m0/s1. The van der Waals surface area contributed by atoms with E-state index in [4.69, 9.17) is 4.74 Å². The maximum Gasteiger partial charge on any atom is 0.236 e. The van der Waals surface area contributed by atoms with Gasteiger partial charge in [-0.1, -0.05) is 48.6 Å². The Hall–Kier alpha value is -4.17. The number of carbonyl (C=O) groups excluding carboxylic acids is 2. The van der Waals surface area contributed by atoms with Crippen molar-refractivity contribution in [2.75, 3.05) is 44.7 Å². The molecule has 220 valence electrons. The van der Waals surface area contributed by atoms with Crippen LogP contribution >= 0.6 is 0 Å². The summed E-state index contributed by atoms with van der Waals surface area (Å²) in [6, 6.07) is 22.2. The average Bonchev–Trinajstić information content (AvgIpc) is 3.03. The molecule has 8 heteroatoms. The molecule has 2 bridgehead atoms. The first-order valence-corrected chi connectivity index (χ1v) is 14.9. The molecule has 0 spiro atoms. The molecule has 1 saturated heterocycles. The molecule has 5 rings (SSSR count). The number of nitrogens with zero attached hydrogens (tertiary/aromatic N) is 3. The molecule has 1 fully saturated rings. The molecular weight excluding hydrogens is 526 g/mol. The second kappa shape index (κ2) is 14.6. The number of hydrogen-bond donors (Lipinski definition) is 2. The van der Waals surface area contributed by atoms with E-state index >= 15 is 0 Å². The summed E-state index contributed by atoms with van der Waals surface area (Å²) in [5.41, 5.74) is 4.26. The summed E-state index contributed by atoms with van der Waals surface area (Å²) < 4.78 is 6.20. The summed E-state index contributed by atoms with van der Waals surface area (Å²) in [6.07, 6.45) is 8.10. The summed E-state index contributed by atoms with van der Waals surface area (Å²) in [5.74, 6) is 1.22. The molecule has 2 aliphatic heterocycles. The van der Waals surface area contributed by atoms with Crippen LogP contribution in [0.2, 0.25) is 0 Å². The first-order chi connectivity index (χ1) is 20.5. The van der Waals surface area contributed by atoms with Gasteiger partial charge in [0.15, 0.2) is 0 Å². The molecule has 2 amide bonds. The predicted octanol–water partition coefficient (Wildman–Crippen LogP) is 3.97. The Morgan fingerprint density at radius 3 is 2.81 bits per heavy atom. The van der Waals surface area contributed by atoms with Crippen LogP contribution < -0.4 is 20.3 Å². The van der Waals surface area contributed by atoms with E-state index in [2.05, 4.69) is 45.8 Å². The number of nitrogens with one attached hydrogen (secondary N) is 2. The lowest BCUT2D eigenvalue weighted by Crippen LogP contribution is -2.47. The zero-order valence-electron chi connectivity index (χ0n) is 24.4. The van der Waals surface area contributed by atoms with Crippen molar-refractivity contribution >= 4 is 17.5 Å². The van der Waals surface area contributed by atoms with Crippen LogP contribution in [0.15, 0.2) is 85.1 Å². The van der Waals surface area contributed by atoms with Gasteiger partial charge in [0.1, 0.15) is 12.4 Å². The van der Waals surface area contributed by atoms with Gasteiger partial charge in [0.2, 0.25) is 11.8 Å². The maximum atomic E-state index is 13.1. The summed E-state index contributed by atoms with van der Waals surface area (Å²) in [4.78, 5) is 34.5. The monoisotopic (exact) mass is 567 g/mol. The van der Waals surface area contributed by atoms with Crippen molar-refractivity contribution in [2.24, 2.45) is 11.8 Å². The number of amides is 2. The lowest BCUT2D eigenvalue weighted by atomic mass is 9.82. The van der Waals surface area contributed by atoms with Crippen molar-refractivity contribution in [3.8, 4) is 5.75 Å². The average molecular weight is 568 g/mol. The van der Waals surface area contributed by atoms with Crippen LogP contribution in [0.1, 0.15) is 29.7 Å². The van der Waals surface area contributed by atoms with Crippen LogP contribution in [0.25, 0.3) is 0 Å². The van der Waals surface area contributed by atoms with Gasteiger partial charge < -0.3 is 25.2 Å². The molecule has 2 aliphatic rings. The minimum Gasteiger partial charge on any atom is -0.489 e. The molecule has 8 nitrogen and oxygen atoms in total. The van der Waals surface area contributed by atoms with E-state index in [-0.39, 0.29) is 30.2 Å². The Morgan fingerprint density at radius 2 is 1.98 bits per heavy atom. The van der Waals surface area contributed by atoms with E-state index in [1.165, 1.54) is 0 Å². The smallest absolute Gasteiger partial charge is 0.236 e. The van der Waals surface area contributed by atoms with Crippen molar-refractivity contribution in [1.29, 1.82) is 0 Å². The highest BCUT2D eigenvalue weighted by atomic mass is 16.5. The van der Waals surface area contributed by atoms with Crippen LogP contribution in [0.5, 0.6) is 5.75 Å². The fourth-order valence-corrected chi connectivity index (χ4v) is 5.66. The Balaban J connectivity index is 1.22.